The van der Waals surface area contributed by atoms with Crippen LogP contribution in [0.1, 0.15) is 57.4 Å². The van der Waals surface area contributed by atoms with Crippen molar-refractivity contribution < 1.29 is 0 Å². The van der Waals surface area contributed by atoms with Crippen LogP contribution < -0.4 is 0 Å². The van der Waals surface area contributed by atoms with Gasteiger partial charge in [0, 0.05) is 0 Å². The van der Waals surface area contributed by atoms with Gasteiger partial charge in [0.2, 0.25) is 0 Å². The predicted molar refractivity (Wildman–Crippen MR) is 116 cm³/mol. The van der Waals surface area contributed by atoms with Gasteiger partial charge < -0.3 is 0 Å². The van der Waals surface area contributed by atoms with Crippen LogP contribution in [0.3, 0.4) is 0 Å². The highest BCUT2D eigenvalue weighted by Crippen LogP contribution is 2.36. The smallest absolute Gasteiger partial charge is 0.00704 e. The molecular weight excluding hydrogens is 312 g/mol. The van der Waals surface area contributed by atoms with Crippen LogP contribution in [-0.2, 0) is 0 Å². The fourth-order valence-electron chi connectivity index (χ4n) is 4.27. The van der Waals surface area contributed by atoms with E-state index in [9.17, 15) is 0 Å². The van der Waals surface area contributed by atoms with Crippen LogP contribution >= 0.6 is 0 Å². The summed E-state index contributed by atoms with van der Waals surface area (Å²) >= 11 is 0. The molecular formula is C26H28. The lowest BCUT2D eigenvalue weighted by atomic mass is 9.88. The molecule has 0 spiro atoms. The van der Waals surface area contributed by atoms with Crippen molar-refractivity contribution in [3.05, 3.63) is 72.3 Å². The fraction of sp³-hybridized carbons (Fsp3) is 0.308. The van der Waals surface area contributed by atoms with Crippen LogP contribution in [-0.4, -0.2) is 0 Å². The molecule has 0 saturated carbocycles. The summed E-state index contributed by atoms with van der Waals surface area (Å²) in [6.45, 7) is 4.69. The molecule has 26 heavy (non-hydrogen) atoms. The number of benzene rings is 4. The van der Waals surface area contributed by atoms with Crippen molar-refractivity contribution in [1.29, 1.82) is 0 Å². The Morgan fingerprint density at radius 1 is 0.692 bits per heavy atom. The average Bonchev–Trinajstić information content (AvgIpc) is 2.69. The second kappa shape index (κ2) is 7.50. The Balaban J connectivity index is 1.84. The second-order valence-electron chi connectivity index (χ2n) is 7.68. The Labute approximate surface area is 156 Å². The van der Waals surface area contributed by atoms with Crippen molar-refractivity contribution >= 4 is 32.3 Å². The Kier molecular flexibility index (Phi) is 4.93. The van der Waals surface area contributed by atoms with Crippen molar-refractivity contribution in [2.24, 2.45) is 0 Å². The lowest BCUT2D eigenvalue weighted by Crippen LogP contribution is -1.96. The first-order valence-electron chi connectivity index (χ1n) is 10.1. The molecule has 0 saturated heterocycles. The fourth-order valence-corrected chi connectivity index (χ4v) is 4.27. The third-order valence-electron chi connectivity index (χ3n) is 5.78. The normalized spacial score (nSPS) is 12.8. The lowest BCUT2D eigenvalue weighted by Gasteiger charge is -2.17. The van der Waals surface area contributed by atoms with Crippen molar-refractivity contribution in [2.75, 3.05) is 0 Å². The monoisotopic (exact) mass is 340 g/mol. The first kappa shape index (κ1) is 17.1. The molecule has 0 aliphatic heterocycles. The Hall–Kier alpha value is -2.34. The van der Waals surface area contributed by atoms with Crippen LogP contribution in [0, 0.1) is 0 Å². The van der Waals surface area contributed by atoms with Gasteiger partial charge in [0.25, 0.3) is 0 Å². The minimum Gasteiger partial charge on any atom is -0.0654 e. The van der Waals surface area contributed by atoms with Gasteiger partial charge in [-0.05, 0) is 62.4 Å². The molecule has 0 heteroatoms. The van der Waals surface area contributed by atoms with Crippen molar-refractivity contribution in [3.8, 4) is 0 Å². The first-order valence-corrected chi connectivity index (χ1v) is 10.1. The summed E-state index contributed by atoms with van der Waals surface area (Å²) in [6.07, 6.45) is 6.64. The summed E-state index contributed by atoms with van der Waals surface area (Å²) in [4.78, 5) is 0. The van der Waals surface area contributed by atoms with Gasteiger partial charge in [-0.3, -0.25) is 0 Å². The van der Waals surface area contributed by atoms with Gasteiger partial charge in [0.1, 0.15) is 0 Å². The maximum atomic E-state index is 2.40. The van der Waals surface area contributed by atoms with Gasteiger partial charge in [-0.1, -0.05) is 94.1 Å². The minimum absolute atomic E-state index is 0.604. The summed E-state index contributed by atoms with van der Waals surface area (Å²) in [5, 5.41) is 8.23. The lowest BCUT2D eigenvalue weighted by molar-refractivity contribution is 0.582. The molecule has 4 aromatic carbocycles. The second-order valence-corrected chi connectivity index (χ2v) is 7.68. The molecule has 132 valence electrons. The van der Waals surface area contributed by atoms with Gasteiger partial charge in [0.15, 0.2) is 0 Å². The Morgan fingerprint density at radius 2 is 1.42 bits per heavy atom. The van der Waals surface area contributed by atoms with Crippen molar-refractivity contribution in [2.45, 2.75) is 51.9 Å². The summed E-state index contributed by atoms with van der Waals surface area (Å²) in [7, 11) is 0. The summed E-state index contributed by atoms with van der Waals surface area (Å²) < 4.78 is 0. The number of hydrogen-bond donors (Lipinski definition) is 0. The zero-order chi connectivity index (χ0) is 17.9. The minimum atomic E-state index is 0.604. The molecule has 0 amide bonds. The molecule has 0 aliphatic rings. The molecule has 1 atom stereocenters. The number of unbranched alkanes of at least 4 members (excludes halogenated alkanes) is 3. The van der Waals surface area contributed by atoms with Gasteiger partial charge in [-0.2, -0.15) is 0 Å². The highest BCUT2D eigenvalue weighted by Gasteiger charge is 2.12. The predicted octanol–water partition coefficient (Wildman–Crippen LogP) is 8.22. The van der Waals surface area contributed by atoms with Crippen LogP contribution in [0.15, 0.2) is 66.7 Å². The van der Waals surface area contributed by atoms with E-state index >= 15 is 0 Å². The van der Waals surface area contributed by atoms with Crippen LogP contribution in [0.4, 0.5) is 0 Å². The third kappa shape index (κ3) is 3.21. The highest BCUT2D eigenvalue weighted by atomic mass is 14.2. The molecule has 0 radical (unpaired) electrons. The SMILES string of the molecule is CCCCCCC(C)c1cccc2ccc3cc4ccccc4cc3c12. The van der Waals surface area contributed by atoms with Crippen molar-refractivity contribution in [3.63, 3.8) is 0 Å². The van der Waals surface area contributed by atoms with Crippen LogP contribution in [0.25, 0.3) is 32.3 Å². The molecule has 0 aliphatic carbocycles. The van der Waals surface area contributed by atoms with E-state index in [-0.39, 0.29) is 0 Å². The van der Waals surface area contributed by atoms with E-state index in [1.165, 1.54) is 70.0 Å². The summed E-state index contributed by atoms with van der Waals surface area (Å²) in [6, 6.07) is 24.8. The largest absolute Gasteiger partial charge is 0.0654 e. The molecule has 0 aromatic heterocycles. The van der Waals surface area contributed by atoms with E-state index < -0.39 is 0 Å². The number of hydrogen-bond acceptors (Lipinski definition) is 0. The highest BCUT2D eigenvalue weighted by molar-refractivity contribution is 6.13. The van der Waals surface area contributed by atoms with E-state index in [0.29, 0.717) is 5.92 Å². The molecule has 0 bridgehead atoms. The quantitative estimate of drug-likeness (QED) is 0.188. The zero-order valence-corrected chi connectivity index (χ0v) is 16.0. The van der Waals surface area contributed by atoms with Crippen molar-refractivity contribution in [1.82, 2.24) is 0 Å². The van der Waals surface area contributed by atoms with E-state index in [1.807, 2.05) is 0 Å². The third-order valence-corrected chi connectivity index (χ3v) is 5.78. The van der Waals surface area contributed by atoms with E-state index in [1.54, 1.807) is 0 Å². The molecule has 4 rings (SSSR count). The standard InChI is InChI=1S/C26H28/c1-3-4-5-6-10-19(2)24-14-9-13-20-15-16-23-17-21-11-7-8-12-22(21)18-25(23)26(20)24/h7-9,11-19H,3-6,10H2,1-2H3. The molecule has 0 heterocycles. The average molecular weight is 341 g/mol. The molecule has 4 aromatic rings. The summed E-state index contributed by atoms with van der Waals surface area (Å²) in [5.74, 6) is 0.604. The zero-order valence-electron chi connectivity index (χ0n) is 16.0. The van der Waals surface area contributed by atoms with Crippen LogP contribution in [0.2, 0.25) is 0 Å². The molecule has 0 N–H and O–H groups in total. The Bertz CT molecular complexity index is 1040. The molecule has 0 fully saturated rings. The molecule has 1 unspecified atom stereocenters. The van der Waals surface area contributed by atoms with Gasteiger partial charge in [0.05, 0.1) is 0 Å². The van der Waals surface area contributed by atoms with Crippen LogP contribution in [0.5, 0.6) is 0 Å². The van der Waals surface area contributed by atoms with E-state index in [4.69, 9.17) is 0 Å². The number of fused-ring (bicyclic) bond motifs is 4. The maximum Gasteiger partial charge on any atom is -0.00704 e. The van der Waals surface area contributed by atoms with Gasteiger partial charge in [-0.25, -0.2) is 0 Å². The Morgan fingerprint density at radius 3 is 2.23 bits per heavy atom. The van der Waals surface area contributed by atoms with E-state index in [0.717, 1.165) is 0 Å². The first-order chi connectivity index (χ1) is 12.8. The van der Waals surface area contributed by atoms with E-state index in [2.05, 4.69) is 80.6 Å². The topological polar surface area (TPSA) is 0 Å². The maximum absolute atomic E-state index is 2.40. The van der Waals surface area contributed by atoms with Gasteiger partial charge >= 0.3 is 0 Å². The van der Waals surface area contributed by atoms with Gasteiger partial charge in [-0.15, -0.1) is 0 Å². The summed E-state index contributed by atoms with van der Waals surface area (Å²) in [5.41, 5.74) is 1.51. The number of rotatable bonds is 6. The molecule has 0 nitrogen and oxygen atoms in total.